The third-order valence-corrected chi connectivity index (χ3v) is 23.8. The number of hydrogen-bond donors (Lipinski definition) is 5. The Morgan fingerprint density at radius 3 is 1.13 bits per heavy atom. The molecule has 0 aliphatic carbocycles. The number of nitrogens with one attached hydrogen (secondary N) is 1. The van der Waals surface area contributed by atoms with Gasteiger partial charge in [-0.3, -0.25) is 4.79 Å². The van der Waals surface area contributed by atoms with Crippen molar-refractivity contribution in [1.29, 1.82) is 0 Å². The molecule has 0 spiro atoms. The number of aliphatic hydroxyl groups is 4. The quantitative estimate of drug-likeness (QED) is 0.0185. The number of carbonyl (C=O) groups is 1. The second-order valence-corrected chi connectivity index (χ2v) is 34.4. The molecule has 0 radical (unpaired) electrons. The minimum absolute atomic E-state index is 0.0844. The zero-order chi connectivity index (χ0) is 94.0. The summed E-state index contributed by atoms with van der Waals surface area (Å²) in [6.45, 7) is 17.3. The summed E-state index contributed by atoms with van der Waals surface area (Å²) >= 11 is 2.24. The number of pyridine rings is 4. The van der Waals surface area contributed by atoms with E-state index in [9.17, 15) is 24.9 Å². The minimum atomic E-state index is -1.74. The van der Waals surface area contributed by atoms with E-state index < -0.39 is 48.5 Å². The number of nitrogens with zero attached hydrogens (tertiary/aromatic N) is 3. The number of ether oxygens (including phenoxy) is 13. The molecule has 15 atom stereocenters. The van der Waals surface area contributed by atoms with Gasteiger partial charge in [-0.15, -0.1) is 0 Å². The van der Waals surface area contributed by atoms with Gasteiger partial charge in [-0.25, -0.2) is 19.7 Å². The van der Waals surface area contributed by atoms with E-state index in [0.29, 0.717) is 107 Å². The van der Waals surface area contributed by atoms with Crippen molar-refractivity contribution >= 4 is 28.6 Å². The van der Waals surface area contributed by atoms with Gasteiger partial charge < -0.3 is 87.0 Å². The number of aryl methyl sites for hydroxylation is 4. The van der Waals surface area contributed by atoms with Gasteiger partial charge in [0.2, 0.25) is 23.4 Å². The zero-order valence-corrected chi connectivity index (χ0v) is 78.7. The predicted molar refractivity (Wildman–Crippen MR) is 518 cm³/mol. The number of benzene rings is 9. The first kappa shape index (κ1) is 99.9. The summed E-state index contributed by atoms with van der Waals surface area (Å²) in [7, 11) is 0. The smallest absolute Gasteiger partial charge is 0.338 e. The molecule has 134 heavy (non-hydrogen) atoms. The fraction of sp³-hybridized carbons (Fsp3) is 0.318. The molecule has 4 aliphatic heterocycles. The highest BCUT2D eigenvalue weighted by Crippen LogP contribution is 2.45. The molecule has 700 valence electrons. The Bertz CT molecular complexity index is 5720. The van der Waals surface area contributed by atoms with Crippen molar-refractivity contribution in [1.82, 2.24) is 19.9 Å². The first-order valence-corrected chi connectivity index (χ1v) is 46.5. The van der Waals surface area contributed by atoms with Gasteiger partial charge >= 0.3 is 5.97 Å². The number of esters is 1. The average molecular weight is 1930 g/mol. The average Bonchev–Trinajstić information content (AvgIpc) is 1.59. The summed E-state index contributed by atoms with van der Waals surface area (Å²) in [4.78, 5) is 39.4. The number of H-pyrrole nitrogens is 1. The Morgan fingerprint density at radius 2 is 0.731 bits per heavy atom. The van der Waals surface area contributed by atoms with Crippen molar-refractivity contribution < 1.29 is 86.8 Å². The Labute approximate surface area is 797 Å². The summed E-state index contributed by atoms with van der Waals surface area (Å²) in [6.07, 6.45) is 1.30. The van der Waals surface area contributed by atoms with Crippen molar-refractivity contribution in [2.75, 3.05) is 6.61 Å². The third kappa shape index (κ3) is 28.3. The van der Waals surface area contributed by atoms with Crippen molar-refractivity contribution in [3.05, 3.63) is 425 Å². The Kier molecular flexibility index (Phi) is 38.2. The molecule has 0 bridgehead atoms. The molecule has 4 saturated heterocycles. The topological polar surface area (TPSA) is 290 Å². The van der Waals surface area contributed by atoms with Crippen LogP contribution < -0.4 is 19.8 Å². The number of aromatic amines is 1. The van der Waals surface area contributed by atoms with Crippen LogP contribution in [-0.2, 0) is 117 Å². The maximum atomic E-state index is 12.2. The number of cyclic esters (lactones) is 1. The molecule has 24 heteroatoms. The molecular formula is C110H119IN4O19. The van der Waals surface area contributed by atoms with Gasteiger partial charge in [-0.2, -0.15) is 0 Å². The standard InChI is InChI=1S/C33H35NO5.C33H35NO4.C20H22O4.C13H12INO.C11H15NO5/c1-3-29-30(36-21-25-13-7-4-8-14-25)31(37-22-26-15-9-5-10-16-26)33(35,39-29)28-19-24(2)32(34-20-28)38-23-27-17-11-6-12-18-27;1-3-29-31(35-21-25-13-7-4-8-14-25)32(36-22-26-15-9-5-10-16-26)30(38-29)28-19-24(2)33(34-20-28)37-23-27-17-11-6-12-18-27;1-2-17-18(22-13-15-9-5-3-6-10-15)19(20(21)24-17)23-14-16-11-7-4-8-12-16;1-10-7-12(14)8-15-13(10)16-9-11-5-3-2-4-6-11;1-5-2-6(3-12-11(5)16)10-9(15)8(14)7(4-13)17-10/h4-20,29-31,35H,3,21-23H2,1-2H3;4-20,29-32H,3,21-23H2,1-2H3;3-12,17-19H,2,13-14H2,1H3;2-8H,9H2,1H3;2-3,7-10,13-15H,4H2,1H3,(H,12,16)/t29-,30?,31+,33+;29-,30+,31?,32-;17-,18?,19+;;7-,8?,9+,10+/m111.1/s1. The summed E-state index contributed by atoms with van der Waals surface area (Å²) in [5.74, 6) is -0.233. The van der Waals surface area contributed by atoms with E-state index in [4.69, 9.17) is 66.7 Å². The van der Waals surface area contributed by atoms with Crippen molar-refractivity contribution in [3.8, 4) is 17.6 Å². The van der Waals surface area contributed by atoms with Gasteiger partial charge in [0.1, 0.15) is 87.0 Å². The van der Waals surface area contributed by atoms with E-state index in [-0.39, 0.29) is 60.9 Å². The minimum Gasteiger partial charge on any atom is -0.473 e. The highest BCUT2D eigenvalue weighted by molar-refractivity contribution is 14.1. The molecule has 5 N–H and O–H groups in total. The van der Waals surface area contributed by atoms with Crippen LogP contribution in [0.15, 0.2) is 327 Å². The molecular weight excluding hydrogens is 1810 g/mol. The number of aliphatic hydroxyl groups excluding tert-OH is 3. The lowest BCUT2D eigenvalue weighted by Crippen LogP contribution is -2.44. The van der Waals surface area contributed by atoms with Gasteiger partial charge in [0.25, 0.3) is 5.56 Å². The molecule has 0 saturated carbocycles. The van der Waals surface area contributed by atoms with Crippen LogP contribution in [0.4, 0.5) is 0 Å². The molecule has 8 heterocycles. The lowest BCUT2D eigenvalue weighted by Gasteiger charge is -2.31. The number of aromatic nitrogens is 4. The summed E-state index contributed by atoms with van der Waals surface area (Å²) in [5.41, 5.74) is 14.9. The molecule has 0 amide bonds. The molecule has 9 aromatic carbocycles. The highest BCUT2D eigenvalue weighted by atomic mass is 127. The summed E-state index contributed by atoms with van der Waals surface area (Å²) in [5, 5.41) is 40.4. The van der Waals surface area contributed by atoms with Crippen LogP contribution in [0.3, 0.4) is 0 Å². The van der Waals surface area contributed by atoms with E-state index in [1.807, 2.05) is 302 Å². The second kappa shape index (κ2) is 51.2. The Hall–Kier alpha value is -11.5. The summed E-state index contributed by atoms with van der Waals surface area (Å²) in [6, 6.07) is 97.8. The fourth-order valence-corrected chi connectivity index (χ4v) is 16.5. The fourth-order valence-electron chi connectivity index (χ4n) is 15.9. The Balaban J connectivity index is 0.000000149. The summed E-state index contributed by atoms with van der Waals surface area (Å²) < 4.78 is 80.1. The number of hydrogen-bond acceptors (Lipinski definition) is 22. The molecule has 4 unspecified atom stereocenters. The van der Waals surface area contributed by atoms with E-state index >= 15 is 0 Å². The van der Waals surface area contributed by atoms with Crippen molar-refractivity contribution in [2.24, 2.45) is 0 Å². The van der Waals surface area contributed by atoms with Crippen LogP contribution in [0.1, 0.15) is 141 Å². The van der Waals surface area contributed by atoms with Gasteiger partial charge in [-0.1, -0.05) is 294 Å². The third-order valence-electron chi connectivity index (χ3n) is 23.2. The van der Waals surface area contributed by atoms with E-state index in [2.05, 4.69) is 85.8 Å². The van der Waals surface area contributed by atoms with Crippen LogP contribution in [-0.4, -0.2) is 126 Å². The van der Waals surface area contributed by atoms with Crippen LogP contribution in [0.2, 0.25) is 0 Å². The molecule has 13 aromatic rings. The first-order chi connectivity index (χ1) is 65.3. The molecule has 4 aromatic heterocycles. The molecule has 4 fully saturated rings. The molecule has 17 rings (SSSR count). The van der Waals surface area contributed by atoms with Crippen LogP contribution in [0, 0.1) is 31.3 Å². The van der Waals surface area contributed by atoms with Crippen LogP contribution >= 0.6 is 22.6 Å². The molecule has 4 aliphatic rings. The van der Waals surface area contributed by atoms with Gasteiger partial charge in [-0.05, 0) is 144 Å². The van der Waals surface area contributed by atoms with E-state index in [1.165, 1.54) is 6.20 Å². The van der Waals surface area contributed by atoms with Crippen LogP contribution in [0.25, 0.3) is 0 Å². The molecule has 23 nitrogen and oxygen atoms in total. The van der Waals surface area contributed by atoms with Crippen LogP contribution in [0.5, 0.6) is 17.6 Å². The number of rotatable bonds is 34. The highest BCUT2D eigenvalue weighted by Gasteiger charge is 2.57. The maximum Gasteiger partial charge on any atom is 0.338 e. The van der Waals surface area contributed by atoms with Crippen molar-refractivity contribution in [3.63, 3.8) is 0 Å². The van der Waals surface area contributed by atoms with E-state index in [0.717, 1.165) is 82.3 Å². The SMILES string of the molecule is CC[C@H]1OC(=O)[C@@H](OCc2ccccc2)C1OCc1ccccc1.CC[C@H]1O[C@@H](c2cnc(OCc3ccccc3)c(C)c2)[C@@H](OCc2ccccc2)C1OCc1ccccc1.CC[C@H]1O[C@@](O)(c2cnc(OCc3ccccc3)c(C)c2)[C@@H](OCc2ccccc2)C1OCc1ccccc1.Cc1cc(I)cnc1OCc1ccccc1.Cc1cc([C@@H]2O[C@H](CO)C(O)[C@@H]2O)c[nH]c1=O. The lowest BCUT2D eigenvalue weighted by atomic mass is 9.97. The normalized spacial score (nSPS) is 22.0. The monoisotopic (exact) mass is 1930 g/mol. The largest absolute Gasteiger partial charge is 0.473 e. The second-order valence-electron chi connectivity index (χ2n) is 33.2. The van der Waals surface area contributed by atoms with Gasteiger partial charge in [0.15, 0.2) is 6.10 Å². The number of halogens is 1. The zero-order valence-electron chi connectivity index (χ0n) is 76.5. The Morgan fingerprint density at radius 1 is 0.373 bits per heavy atom. The number of carbonyl (C=O) groups excluding carboxylic acids is 1. The van der Waals surface area contributed by atoms with Gasteiger partial charge in [0, 0.05) is 67.3 Å². The maximum absolute atomic E-state index is 12.2. The van der Waals surface area contributed by atoms with Crippen molar-refractivity contribution in [2.45, 2.75) is 218 Å². The predicted octanol–water partition coefficient (Wildman–Crippen LogP) is 19.0. The van der Waals surface area contributed by atoms with E-state index in [1.54, 1.807) is 19.2 Å². The first-order valence-electron chi connectivity index (χ1n) is 45.4. The van der Waals surface area contributed by atoms with Gasteiger partial charge in [0.05, 0.1) is 58.5 Å². The lowest BCUT2D eigenvalue weighted by molar-refractivity contribution is -0.250.